The van der Waals surface area contributed by atoms with Gasteiger partial charge in [0.2, 0.25) is 0 Å². The minimum Gasteiger partial charge on any atom is -0.481 e. The normalized spacial score (nSPS) is 13.1. The van der Waals surface area contributed by atoms with E-state index in [0.29, 0.717) is 6.42 Å². The van der Waals surface area contributed by atoms with Crippen LogP contribution in [-0.4, -0.2) is 11.1 Å². The van der Waals surface area contributed by atoms with E-state index < -0.39 is 5.97 Å². The molecule has 0 aliphatic rings. The lowest BCUT2D eigenvalue weighted by molar-refractivity contribution is -0.137. The van der Waals surface area contributed by atoms with Crippen LogP contribution in [0.4, 0.5) is 0 Å². The third kappa shape index (κ3) is 29.0. The molecule has 0 radical (unpaired) electrons. The largest absolute Gasteiger partial charge is 0.481 e. The summed E-state index contributed by atoms with van der Waals surface area (Å²) in [6.45, 7) is 6.95. The first-order chi connectivity index (χ1) is 19.7. The number of carbonyl (C=O) groups is 1. The zero-order valence-corrected chi connectivity index (χ0v) is 28.1. The summed E-state index contributed by atoms with van der Waals surface area (Å²) in [5, 5.41) is 8.91. The van der Waals surface area contributed by atoms with Crippen molar-refractivity contribution in [3.8, 4) is 0 Å². The van der Waals surface area contributed by atoms with E-state index >= 15 is 0 Å². The highest BCUT2D eigenvalue weighted by Crippen LogP contribution is 2.33. The van der Waals surface area contributed by atoms with Crippen molar-refractivity contribution in [1.29, 1.82) is 0 Å². The van der Waals surface area contributed by atoms with Crippen molar-refractivity contribution in [2.24, 2.45) is 11.8 Å². The van der Waals surface area contributed by atoms with Crippen molar-refractivity contribution in [2.45, 2.75) is 226 Å². The van der Waals surface area contributed by atoms with Crippen LogP contribution in [0.1, 0.15) is 226 Å². The Balaban J connectivity index is 4.74. The van der Waals surface area contributed by atoms with Crippen LogP contribution in [0.5, 0.6) is 0 Å². The van der Waals surface area contributed by atoms with E-state index in [1.54, 1.807) is 0 Å². The van der Waals surface area contributed by atoms with Gasteiger partial charge in [-0.25, -0.2) is 0 Å². The lowest BCUT2D eigenvalue weighted by Gasteiger charge is -2.28. The molecule has 0 rings (SSSR count). The van der Waals surface area contributed by atoms with Gasteiger partial charge in [0.05, 0.1) is 0 Å². The molecule has 0 amide bonds. The molecule has 0 fully saturated rings. The molecule has 0 aliphatic carbocycles. The monoisotopic (exact) mass is 565 g/mol. The molecule has 0 bridgehead atoms. The molecule has 2 heteroatoms. The number of carboxylic acid groups (broad SMARTS) is 1. The molecule has 0 saturated heterocycles. The average Bonchev–Trinajstić information content (AvgIpc) is 2.94. The molecule has 0 heterocycles. The van der Waals surface area contributed by atoms with Gasteiger partial charge in [0.1, 0.15) is 0 Å². The minimum atomic E-state index is -0.635. The average molecular weight is 565 g/mol. The first kappa shape index (κ1) is 39.5. The fraction of sp³-hybridized carbons (Fsp3) is 0.974. The van der Waals surface area contributed by atoms with E-state index in [9.17, 15) is 4.79 Å². The second-order valence-corrected chi connectivity index (χ2v) is 13.3. The maximum absolute atomic E-state index is 10.8. The fourth-order valence-electron chi connectivity index (χ4n) is 6.71. The summed E-state index contributed by atoms with van der Waals surface area (Å²) in [7, 11) is 0. The summed E-state index contributed by atoms with van der Waals surface area (Å²) in [5.74, 6) is 1.24. The maximum atomic E-state index is 10.8. The van der Waals surface area contributed by atoms with Gasteiger partial charge in [-0.1, -0.05) is 213 Å². The van der Waals surface area contributed by atoms with Gasteiger partial charge < -0.3 is 5.11 Å². The summed E-state index contributed by atoms with van der Waals surface area (Å²) in [5.41, 5.74) is 0. The Labute approximate surface area is 253 Å². The van der Waals surface area contributed by atoms with Gasteiger partial charge in [0, 0.05) is 6.42 Å². The number of hydrogen-bond donors (Lipinski definition) is 1. The summed E-state index contributed by atoms with van der Waals surface area (Å²) in [6.07, 6.45) is 43.4. The third-order valence-electron chi connectivity index (χ3n) is 9.42. The molecule has 2 atom stereocenters. The molecule has 0 aromatic rings. The van der Waals surface area contributed by atoms with Crippen molar-refractivity contribution in [3.63, 3.8) is 0 Å². The van der Waals surface area contributed by atoms with Gasteiger partial charge in [0.15, 0.2) is 0 Å². The first-order valence-corrected chi connectivity index (χ1v) is 18.9. The van der Waals surface area contributed by atoms with Crippen LogP contribution in [0.25, 0.3) is 0 Å². The second kappa shape index (κ2) is 33.0. The quantitative estimate of drug-likeness (QED) is 0.0789. The van der Waals surface area contributed by atoms with Crippen molar-refractivity contribution < 1.29 is 9.90 Å². The van der Waals surface area contributed by atoms with Crippen LogP contribution in [-0.2, 0) is 4.79 Å². The highest BCUT2D eigenvalue weighted by molar-refractivity contribution is 5.66. The highest BCUT2D eigenvalue weighted by Gasteiger charge is 2.20. The van der Waals surface area contributed by atoms with E-state index in [4.69, 9.17) is 5.11 Å². The van der Waals surface area contributed by atoms with Crippen LogP contribution in [0.2, 0.25) is 0 Å². The lowest BCUT2D eigenvalue weighted by atomic mass is 9.78. The summed E-state index contributed by atoms with van der Waals surface area (Å²) in [6, 6.07) is 0. The van der Waals surface area contributed by atoms with Crippen LogP contribution >= 0.6 is 0 Å². The molecule has 0 aliphatic heterocycles. The summed E-state index contributed by atoms with van der Waals surface area (Å²) in [4.78, 5) is 10.8. The minimum absolute atomic E-state index is 0.347. The van der Waals surface area contributed by atoms with Crippen LogP contribution in [0, 0.1) is 11.8 Å². The Hall–Kier alpha value is -0.530. The molecule has 2 nitrogen and oxygen atoms in total. The van der Waals surface area contributed by atoms with E-state index in [1.165, 1.54) is 186 Å². The van der Waals surface area contributed by atoms with Gasteiger partial charge in [-0.15, -0.1) is 0 Å². The maximum Gasteiger partial charge on any atom is 0.303 e. The summed E-state index contributed by atoms with van der Waals surface area (Å²) < 4.78 is 0. The standard InChI is InChI=1S/C38H76O2/c1-4-7-10-13-16-18-22-27-32-36(31-26-21-15-12-9-6-3)37(33-28-23-19-17-14-11-8-5-2)34-29-24-20-25-30-35-38(39)40/h36-37H,4-35H2,1-3H3,(H,39,40). The highest BCUT2D eigenvalue weighted by atomic mass is 16.4. The smallest absolute Gasteiger partial charge is 0.303 e. The van der Waals surface area contributed by atoms with Crippen molar-refractivity contribution in [3.05, 3.63) is 0 Å². The zero-order valence-electron chi connectivity index (χ0n) is 28.1. The van der Waals surface area contributed by atoms with E-state index in [0.717, 1.165) is 24.7 Å². The SMILES string of the molecule is CCCCCCCCCCC(CCCCCCCC)C(CCCCCCCCCC)CCCCCCCC(=O)O. The van der Waals surface area contributed by atoms with E-state index in [-0.39, 0.29) is 0 Å². The molecule has 2 unspecified atom stereocenters. The van der Waals surface area contributed by atoms with Gasteiger partial charge >= 0.3 is 5.97 Å². The molecule has 0 aromatic heterocycles. The number of rotatable bonds is 34. The predicted molar refractivity (Wildman–Crippen MR) is 179 cm³/mol. The molecule has 0 aromatic carbocycles. The summed E-state index contributed by atoms with van der Waals surface area (Å²) >= 11 is 0. The zero-order chi connectivity index (χ0) is 29.4. The molecule has 0 saturated carbocycles. The van der Waals surface area contributed by atoms with Crippen LogP contribution in [0.15, 0.2) is 0 Å². The van der Waals surface area contributed by atoms with E-state index in [1.807, 2.05) is 0 Å². The molecule has 0 spiro atoms. The number of unbranched alkanes of at least 4 members (excludes halogenated alkanes) is 23. The van der Waals surface area contributed by atoms with Gasteiger partial charge in [-0.2, -0.15) is 0 Å². The molecule has 1 N–H and O–H groups in total. The molecule has 40 heavy (non-hydrogen) atoms. The first-order valence-electron chi connectivity index (χ1n) is 18.9. The Kier molecular flexibility index (Phi) is 32.5. The fourth-order valence-corrected chi connectivity index (χ4v) is 6.71. The molecular weight excluding hydrogens is 488 g/mol. The number of aliphatic carboxylic acids is 1. The Morgan fingerprint density at radius 2 is 0.600 bits per heavy atom. The van der Waals surface area contributed by atoms with Crippen molar-refractivity contribution >= 4 is 5.97 Å². The van der Waals surface area contributed by atoms with E-state index in [2.05, 4.69) is 20.8 Å². The van der Waals surface area contributed by atoms with Gasteiger partial charge in [-0.05, 0) is 18.3 Å². The molecule has 240 valence electrons. The van der Waals surface area contributed by atoms with Crippen LogP contribution < -0.4 is 0 Å². The van der Waals surface area contributed by atoms with Crippen molar-refractivity contribution in [1.82, 2.24) is 0 Å². The number of hydrogen-bond acceptors (Lipinski definition) is 1. The Morgan fingerprint density at radius 3 is 0.850 bits per heavy atom. The van der Waals surface area contributed by atoms with Gasteiger partial charge in [0.25, 0.3) is 0 Å². The second-order valence-electron chi connectivity index (χ2n) is 13.3. The number of carboxylic acids is 1. The Bertz CT molecular complexity index is 488. The Morgan fingerprint density at radius 1 is 0.375 bits per heavy atom. The topological polar surface area (TPSA) is 37.3 Å². The predicted octanol–water partition coefficient (Wildman–Crippen LogP) is 13.8. The van der Waals surface area contributed by atoms with Gasteiger partial charge in [-0.3, -0.25) is 4.79 Å². The lowest BCUT2D eigenvalue weighted by Crippen LogP contribution is -2.16. The van der Waals surface area contributed by atoms with Crippen molar-refractivity contribution in [2.75, 3.05) is 0 Å². The molecular formula is C38H76O2. The van der Waals surface area contributed by atoms with Crippen LogP contribution in [0.3, 0.4) is 0 Å². The third-order valence-corrected chi connectivity index (χ3v) is 9.42.